The molecule has 5 rings (SSSR count). The number of nitrogens with zero attached hydrogens (tertiary/aromatic N) is 2. The minimum atomic E-state index is -1.72. The molecule has 3 N–H and O–H groups in total. The number of rotatable bonds is 6. The number of aromatic nitrogens is 3. The summed E-state index contributed by atoms with van der Waals surface area (Å²) in [4.78, 5) is 42.8. The lowest BCUT2D eigenvalue weighted by Gasteiger charge is -2.27. The predicted molar refractivity (Wildman–Crippen MR) is 134 cm³/mol. The number of nitrogens with one attached hydrogen (secondary N) is 2. The number of fused-ring (bicyclic) bond motifs is 3. The van der Waals surface area contributed by atoms with E-state index in [2.05, 4.69) is 15.4 Å². The van der Waals surface area contributed by atoms with Crippen LogP contribution in [-0.4, -0.2) is 31.7 Å². The largest absolute Gasteiger partial charge is 0.480 e. The Hall–Kier alpha value is -4.72. The van der Waals surface area contributed by atoms with Gasteiger partial charge in [0.1, 0.15) is 0 Å². The topological polar surface area (TPSA) is 117 Å². The van der Waals surface area contributed by atoms with Crippen LogP contribution in [0.25, 0.3) is 27.5 Å². The van der Waals surface area contributed by atoms with Crippen molar-refractivity contribution in [1.29, 1.82) is 0 Å². The molecule has 1 unspecified atom stereocenters. The van der Waals surface area contributed by atoms with E-state index in [4.69, 9.17) is 0 Å². The molecule has 35 heavy (non-hydrogen) atoms. The molecule has 1 atom stereocenters. The number of carbonyl (C=O) groups is 2. The Labute approximate surface area is 199 Å². The molecule has 2 aromatic heterocycles. The van der Waals surface area contributed by atoms with Crippen molar-refractivity contribution in [3.8, 4) is 5.69 Å². The van der Waals surface area contributed by atoms with E-state index in [0.29, 0.717) is 27.8 Å². The molecule has 1 amide bonds. The van der Waals surface area contributed by atoms with Gasteiger partial charge in [-0.25, -0.2) is 4.68 Å². The van der Waals surface area contributed by atoms with E-state index < -0.39 is 17.3 Å². The second-order valence-corrected chi connectivity index (χ2v) is 8.25. The van der Waals surface area contributed by atoms with Gasteiger partial charge >= 0.3 is 5.97 Å². The van der Waals surface area contributed by atoms with E-state index in [-0.39, 0.29) is 12.0 Å². The van der Waals surface area contributed by atoms with E-state index in [0.717, 1.165) is 10.9 Å². The van der Waals surface area contributed by atoms with Gasteiger partial charge in [-0.1, -0.05) is 55.5 Å². The summed E-state index contributed by atoms with van der Waals surface area (Å²) in [6.07, 6.45) is 1.64. The fourth-order valence-corrected chi connectivity index (χ4v) is 4.41. The van der Waals surface area contributed by atoms with Crippen LogP contribution in [0.4, 0.5) is 5.69 Å². The number of amides is 1. The maximum atomic E-state index is 13.2. The number of carbonyl (C=O) groups excluding carboxylic acids is 1. The van der Waals surface area contributed by atoms with Crippen molar-refractivity contribution in [2.45, 2.75) is 18.8 Å². The van der Waals surface area contributed by atoms with Crippen molar-refractivity contribution in [2.75, 3.05) is 5.32 Å². The Kier molecular flexibility index (Phi) is 5.41. The molecule has 5 aromatic rings. The van der Waals surface area contributed by atoms with Gasteiger partial charge in [-0.3, -0.25) is 24.5 Å². The first-order valence-corrected chi connectivity index (χ1v) is 11.1. The average molecular weight is 466 g/mol. The predicted octanol–water partition coefficient (Wildman–Crippen LogP) is 4.24. The van der Waals surface area contributed by atoms with Gasteiger partial charge in [0.05, 0.1) is 22.1 Å². The zero-order valence-corrected chi connectivity index (χ0v) is 18.9. The third-order valence-electron chi connectivity index (χ3n) is 6.37. The maximum absolute atomic E-state index is 13.2. The molecule has 174 valence electrons. The summed E-state index contributed by atoms with van der Waals surface area (Å²) in [6.45, 7) is 1.67. The minimum absolute atomic E-state index is 0.0860. The number of carboxylic acid groups (broad SMARTS) is 1. The van der Waals surface area contributed by atoms with Gasteiger partial charge in [0, 0.05) is 17.3 Å². The van der Waals surface area contributed by atoms with Crippen molar-refractivity contribution in [3.63, 3.8) is 0 Å². The fourth-order valence-electron chi connectivity index (χ4n) is 4.41. The fraction of sp³-hybridized carbons (Fsp3) is 0.111. The summed E-state index contributed by atoms with van der Waals surface area (Å²) >= 11 is 0. The summed E-state index contributed by atoms with van der Waals surface area (Å²) in [5.74, 6) is -1.85. The van der Waals surface area contributed by atoms with E-state index in [9.17, 15) is 19.5 Å². The highest BCUT2D eigenvalue weighted by atomic mass is 16.4. The monoisotopic (exact) mass is 466 g/mol. The van der Waals surface area contributed by atoms with Crippen LogP contribution in [0, 0.1) is 0 Å². The summed E-state index contributed by atoms with van der Waals surface area (Å²) in [7, 11) is 0. The first kappa shape index (κ1) is 22.1. The lowest BCUT2D eigenvalue weighted by molar-refractivity contribution is -0.148. The Morgan fingerprint density at radius 1 is 0.971 bits per heavy atom. The number of hydrogen-bond acceptors (Lipinski definition) is 4. The Balaban J connectivity index is 1.47. The van der Waals surface area contributed by atoms with Gasteiger partial charge in [-0.15, -0.1) is 0 Å². The molecule has 0 saturated heterocycles. The molecule has 0 saturated carbocycles. The number of pyridine rings is 1. The van der Waals surface area contributed by atoms with Crippen LogP contribution in [0.2, 0.25) is 0 Å². The van der Waals surface area contributed by atoms with Crippen LogP contribution in [0.1, 0.15) is 18.9 Å². The number of benzene rings is 3. The number of anilines is 1. The molecule has 0 aliphatic carbocycles. The van der Waals surface area contributed by atoms with Gasteiger partial charge in [0.2, 0.25) is 5.91 Å². The summed E-state index contributed by atoms with van der Waals surface area (Å²) in [5.41, 5.74) is 0.908. The van der Waals surface area contributed by atoms with Crippen molar-refractivity contribution in [2.24, 2.45) is 0 Å². The molecule has 0 aliphatic rings. The smallest absolute Gasteiger partial charge is 0.323 e. The van der Waals surface area contributed by atoms with Crippen LogP contribution >= 0.6 is 0 Å². The van der Waals surface area contributed by atoms with Gasteiger partial charge in [-0.05, 0) is 42.3 Å². The highest BCUT2D eigenvalue weighted by molar-refractivity contribution is 6.13. The lowest BCUT2D eigenvalue weighted by atomic mass is 9.77. The van der Waals surface area contributed by atoms with Crippen LogP contribution in [0.3, 0.4) is 0 Å². The van der Waals surface area contributed by atoms with Gasteiger partial charge in [-0.2, -0.15) is 0 Å². The van der Waals surface area contributed by atoms with E-state index >= 15 is 0 Å². The number of H-pyrrole nitrogens is 1. The molecule has 3 aromatic carbocycles. The zero-order chi connectivity index (χ0) is 24.6. The number of aliphatic carboxylic acids is 1. The van der Waals surface area contributed by atoms with Gasteiger partial charge in [0.25, 0.3) is 5.56 Å². The molecular weight excluding hydrogens is 444 g/mol. The maximum Gasteiger partial charge on any atom is 0.323 e. The second kappa shape index (κ2) is 8.57. The second-order valence-electron chi connectivity index (χ2n) is 8.25. The van der Waals surface area contributed by atoms with E-state index in [1.54, 1.807) is 67.7 Å². The summed E-state index contributed by atoms with van der Waals surface area (Å²) in [5, 5.41) is 17.2. The summed E-state index contributed by atoms with van der Waals surface area (Å²) in [6, 6.07) is 22.7. The van der Waals surface area contributed by atoms with Crippen LogP contribution in [-0.2, 0) is 15.0 Å². The minimum Gasteiger partial charge on any atom is -0.480 e. The average Bonchev–Trinajstić information content (AvgIpc) is 3.22. The van der Waals surface area contributed by atoms with Gasteiger partial charge in [0.15, 0.2) is 5.41 Å². The van der Waals surface area contributed by atoms with Crippen molar-refractivity contribution < 1.29 is 14.7 Å². The molecular formula is C27H22N4O4. The molecule has 0 aliphatic heterocycles. The van der Waals surface area contributed by atoms with Crippen LogP contribution in [0.5, 0.6) is 0 Å². The first-order chi connectivity index (χ1) is 17.0. The summed E-state index contributed by atoms with van der Waals surface area (Å²) < 4.78 is 1.42. The third kappa shape index (κ3) is 3.56. The van der Waals surface area contributed by atoms with Gasteiger partial charge < -0.3 is 10.4 Å². The standard InChI is InChI=1S/C27H22N4O4/c1-2-27(26(34)35,17-8-4-3-5-9-17)25(33)29-18-12-14-19(15-13-18)31-24(32)21-16-28-22-11-7-6-10-20(22)23(21)30-31/h3-16,30H,2H2,1H3,(H,29,33)(H,34,35). The normalized spacial score (nSPS) is 12.9. The Bertz CT molecular complexity index is 1620. The first-order valence-electron chi connectivity index (χ1n) is 11.1. The number of carboxylic acids is 1. The molecule has 8 heteroatoms. The van der Waals surface area contributed by atoms with Crippen LogP contribution < -0.4 is 10.9 Å². The molecule has 0 spiro atoms. The van der Waals surface area contributed by atoms with E-state index in [1.165, 1.54) is 4.68 Å². The van der Waals surface area contributed by atoms with E-state index in [1.807, 2.05) is 24.3 Å². The molecule has 2 heterocycles. The molecule has 0 radical (unpaired) electrons. The zero-order valence-electron chi connectivity index (χ0n) is 18.9. The van der Waals surface area contributed by atoms with Crippen LogP contribution in [0.15, 0.2) is 89.9 Å². The third-order valence-corrected chi connectivity index (χ3v) is 6.37. The van der Waals surface area contributed by atoms with Crippen molar-refractivity contribution in [1.82, 2.24) is 14.8 Å². The Morgan fingerprint density at radius 3 is 2.34 bits per heavy atom. The van der Waals surface area contributed by atoms with Crippen molar-refractivity contribution >= 4 is 39.4 Å². The quantitative estimate of drug-likeness (QED) is 0.324. The highest BCUT2D eigenvalue weighted by Crippen LogP contribution is 2.30. The number of aromatic amines is 1. The molecule has 0 bridgehead atoms. The van der Waals surface area contributed by atoms with Crippen molar-refractivity contribution in [3.05, 3.63) is 101 Å². The number of para-hydroxylation sites is 1. The highest BCUT2D eigenvalue weighted by Gasteiger charge is 2.46. The number of hydrogen-bond donors (Lipinski definition) is 3. The lowest BCUT2D eigenvalue weighted by Crippen LogP contribution is -2.46. The molecule has 8 nitrogen and oxygen atoms in total. The molecule has 0 fully saturated rings. The Morgan fingerprint density at radius 2 is 1.66 bits per heavy atom. The SMILES string of the molecule is CCC(C(=O)O)(C(=O)Nc1ccc(-n2[nH]c3c(cnc4ccccc43)c2=O)cc1)c1ccccc1.